The highest BCUT2D eigenvalue weighted by Crippen LogP contribution is 2.23. The third kappa shape index (κ3) is 4.34. The van der Waals surface area contributed by atoms with Crippen LogP contribution in [0.3, 0.4) is 0 Å². The number of nitrogens with one attached hydrogen (secondary N) is 2. The molecule has 2 atom stereocenters. The van der Waals surface area contributed by atoms with Gasteiger partial charge in [-0.3, -0.25) is 0 Å². The summed E-state index contributed by atoms with van der Waals surface area (Å²) < 4.78 is 0. The minimum Gasteiger partial charge on any atom is -0.382 e. The summed E-state index contributed by atoms with van der Waals surface area (Å²) in [6.07, 6.45) is 3.47. The van der Waals surface area contributed by atoms with Gasteiger partial charge in [-0.1, -0.05) is 42.5 Å². The van der Waals surface area contributed by atoms with Gasteiger partial charge >= 0.3 is 0 Å². The van der Waals surface area contributed by atoms with Crippen molar-refractivity contribution in [1.82, 2.24) is 5.32 Å². The van der Waals surface area contributed by atoms with Crippen LogP contribution in [0, 0.1) is 5.92 Å². The summed E-state index contributed by atoms with van der Waals surface area (Å²) in [5, 5.41) is 7.28. The van der Waals surface area contributed by atoms with E-state index in [1.54, 1.807) is 0 Å². The van der Waals surface area contributed by atoms with Crippen LogP contribution in [0.1, 0.15) is 24.0 Å². The Labute approximate surface area is 139 Å². The lowest BCUT2D eigenvalue weighted by atomic mass is 9.87. The SMILES string of the molecule is NCc1ccccc1CCC1CNCCC1Nc1ccccc1. The van der Waals surface area contributed by atoms with Crippen molar-refractivity contribution in [2.24, 2.45) is 11.7 Å². The Morgan fingerprint density at radius 3 is 2.52 bits per heavy atom. The van der Waals surface area contributed by atoms with Crippen LogP contribution >= 0.6 is 0 Å². The lowest BCUT2D eigenvalue weighted by molar-refractivity contribution is 0.326. The molecule has 0 aliphatic carbocycles. The largest absolute Gasteiger partial charge is 0.382 e. The standard InChI is InChI=1S/C20H27N3/c21-14-17-7-5-4-6-16(17)10-11-18-15-22-13-12-20(18)23-19-8-2-1-3-9-19/h1-9,18,20,22-23H,10-15,21H2. The lowest BCUT2D eigenvalue weighted by Gasteiger charge is -2.34. The maximum atomic E-state index is 5.86. The Bertz CT molecular complexity index is 597. The van der Waals surface area contributed by atoms with Crippen molar-refractivity contribution >= 4 is 5.69 Å². The predicted molar refractivity (Wildman–Crippen MR) is 97.5 cm³/mol. The first kappa shape index (κ1) is 16.0. The van der Waals surface area contributed by atoms with Crippen LogP contribution in [0.15, 0.2) is 54.6 Å². The number of para-hydroxylation sites is 1. The van der Waals surface area contributed by atoms with Crippen LogP contribution in [-0.4, -0.2) is 19.1 Å². The summed E-state index contributed by atoms with van der Waals surface area (Å²) in [5.74, 6) is 0.648. The van der Waals surface area contributed by atoms with E-state index in [1.165, 1.54) is 29.7 Å². The first-order valence-electron chi connectivity index (χ1n) is 8.66. The molecule has 122 valence electrons. The van der Waals surface area contributed by atoms with Gasteiger partial charge in [0.2, 0.25) is 0 Å². The van der Waals surface area contributed by atoms with Crippen LogP contribution < -0.4 is 16.4 Å². The summed E-state index contributed by atoms with van der Waals surface area (Å²) >= 11 is 0. The van der Waals surface area contributed by atoms with Gasteiger partial charge in [0.15, 0.2) is 0 Å². The third-order valence-electron chi connectivity index (χ3n) is 4.86. The molecule has 4 N–H and O–H groups in total. The normalized spacial score (nSPS) is 21.1. The molecule has 2 aromatic carbocycles. The van der Waals surface area contributed by atoms with E-state index in [0.29, 0.717) is 18.5 Å². The third-order valence-corrected chi connectivity index (χ3v) is 4.86. The molecule has 0 radical (unpaired) electrons. The number of benzene rings is 2. The maximum Gasteiger partial charge on any atom is 0.0342 e. The van der Waals surface area contributed by atoms with Gasteiger partial charge in [-0.05, 0) is 61.5 Å². The molecular formula is C20H27N3. The molecule has 1 heterocycles. The first-order chi connectivity index (χ1) is 11.4. The van der Waals surface area contributed by atoms with E-state index in [-0.39, 0.29) is 0 Å². The highest BCUT2D eigenvalue weighted by atomic mass is 15.0. The van der Waals surface area contributed by atoms with Crippen molar-refractivity contribution in [2.75, 3.05) is 18.4 Å². The molecule has 1 aliphatic heterocycles. The zero-order chi connectivity index (χ0) is 15.9. The van der Waals surface area contributed by atoms with E-state index in [1.807, 2.05) is 0 Å². The van der Waals surface area contributed by atoms with Gasteiger partial charge in [-0.15, -0.1) is 0 Å². The van der Waals surface area contributed by atoms with Gasteiger partial charge in [-0.2, -0.15) is 0 Å². The molecule has 0 saturated carbocycles. The summed E-state index contributed by atoms with van der Waals surface area (Å²) in [5.41, 5.74) is 9.78. The average molecular weight is 309 g/mol. The molecule has 1 saturated heterocycles. The van der Waals surface area contributed by atoms with E-state index in [9.17, 15) is 0 Å². The van der Waals surface area contributed by atoms with E-state index >= 15 is 0 Å². The topological polar surface area (TPSA) is 50.1 Å². The minimum absolute atomic E-state index is 0.545. The van der Waals surface area contributed by atoms with Gasteiger partial charge in [-0.25, -0.2) is 0 Å². The lowest BCUT2D eigenvalue weighted by Crippen LogP contribution is -2.44. The number of nitrogens with two attached hydrogens (primary N) is 1. The molecule has 0 aromatic heterocycles. The molecule has 3 heteroatoms. The highest BCUT2D eigenvalue weighted by Gasteiger charge is 2.24. The zero-order valence-electron chi connectivity index (χ0n) is 13.7. The summed E-state index contributed by atoms with van der Waals surface area (Å²) in [6, 6.07) is 19.7. The smallest absolute Gasteiger partial charge is 0.0342 e. The summed E-state index contributed by atoms with van der Waals surface area (Å²) in [6.45, 7) is 2.82. The maximum absolute atomic E-state index is 5.86. The van der Waals surface area contributed by atoms with Gasteiger partial charge < -0.3 is 16.4 Å². The van der Waals surface area contributed by atoms with E-state index in [2.05, 4.69) is 65.2 Å². The fourth-order valence-electron chi connectivity index (χ4n) is 3.51. The summed E-state index contributed by atoms with van der Waals surface area (Å²) in [7, 11) is 0. The molecule has 0 bridgehead atoms. The fraction of sp³-hybridized carbons (Fsp3) is 0.400. The van der Waals surface area contributed by atoms with E-state index < -0.39 is 0 Å². The quantitative estimate of drug-likeness (QED) is 0.768. The van der Waals surface area contributed by atoms with E-state index in [0.717, 1.165) is 19.5 Å². The van der Waals surface area contributed by atoms with Crippen molar-refractivity contribution in [3.63, 3.8) is 0 Å². The molecule has 3 rings (SSSR count). The number of hydrogen-bond acceptors (Lipinski definition) is 3. The number of anilines is 1. The molecule has 0 amide bonds. The Morgan fingerprint density at radius 1 is 1.00 bits per heavy atom. The van der Waals surface area contributed by atoms with Gasteiger partial charge in [0, 0.05) is 18.3 Å². The van der Waals surface area contributed by atoms with Crippen molar-refractivity contribution in [2.45, 2.75) is 31.8 Å². The molecule has 2 aromatic rings. The second-order valence-electron chi connectivity index (χ2n) is 6.38. The monoisotopic (exact) mass is 309 g/mol. The van der Waals surface area contributed by atoms with Gasteiger partial charge in [0.05, 0.1) is 0 Å². The average Bonchev–Trinajstić information content (AvgIpc) is 2.62. The van der Waals surface area contributed by atoms with E-state index in [4.69, 9.17) is 5.73 Å². The van der Waals surface area contributed by atoms with Gasteiger partial charge in [0.1, 0.15) is 0 Å². The Morgan fingerprint density at radius 2 is 1.74 bits per heavy atom. The fourth-order valence-corrected chi connectivity index (χ4v) is 3.51. The molecule has 0 spiro atoms. The van der Waals surface area contributed by atoms with Crippen molar-refractivity contribution in [1.29, 1.82) is 0 Å². The van der Waals surface area contributed by atoms with Crippen molar-refractivity contribution in [3.8, 4) is 0 Å². The molecule has 3 nitrogen and oxygen atoms in total. The van der Waals surface area contributed by atoms with Crippen LogP contribution in [-0.2, 0) is 13.0 Å². The summed E-state index contributed by atoms with van der Waals surface area (Å²) in [4.78, 5) is 0. The zero-order valence-corrected chi connectivity index (χ0v) is 13.7. The van der Waals surface area contributed by atoms with Crippen LogP contribution in [0.5, 0.6) is 0 Å². The van der Waals surface area contributed by atoms with Crippen LogP contribution in [0.4, 0.5) is 5.69 Å². The molecule has 23 heavy (non-hydrogen) atoms. The Hall–Kier alpha value is -1.84. The number of aryl methyl sites for hydroxylation is 1. The number of piperidine rings is 1. The van der Waals surface area contributed by atoms with Crippen molar-refractivity contribution < 1.29 is 0 Å². The number of hydrogen-bond donors (Lipinski definition) is 3. The minimum atomic E-state index is 0.545. The van der Waals surface area contributed by atoms with Crippen molar-refractivity contribution in [3.05, 3.63) is 65.7 Å². The Kier molecular flexibility index (Phi) is 5.67. The molecule has 1 aliphatic rings. The first-order valence-corrected chi connectivity index (χ1v) is 8.66. The highest BCUT2D eigenvalue weighted by molar-refractivity contribution is 5.43. The van der Waals surface area contributed by atoms with Crippen LogP contribution in [0.25, 0.3) is 0 Å². The Balaban J connectivity index is 1.62. The predicted octanol–water partition coefficient (Wildman–Crippen LogP) is 3.17. The van der Waals surface area contributed by atoms with Crippen LogP contribution in [0.2, 0.25) is 0 Å². The second-order valence-corrected chi connectivity index (χ2v) is 6.38. The molecule has 1 fully saturated rings. The van der Waals surface area contributed by atoms with Gasteiger partial charge in [0.25, 0.3) is 0 Å². The molecule has 2 unspecified atom stereocenters. The molecular weight excluding hydrogens is 282 g/mol. The second kappa shape index (κ2) is 8.14. The number of rotatable bonds is 6.